The number of carboxylic acids is 1. The number of nitrogens with zero attached hydrogens (tertiary/aromatic N) is 2. The van der Waals surface area contributed by atoms with Crippen molar-refractivity contribution in [3.8, 4) is 17.1 Å². The van der Waals surface area contributed by atoms with E-state index in [1.165, 1.54) is 13.2 Å². The molecule has 0 aliphatic heterocycles. The smallest absolute Gasteiger partial charge is 0.425 e. The van der Waals surface area contributed by atoms with Crippen molar-refractivity contribution in [1.29, 1.82) is 0 Å². The van der Waals surface area contributed by atoms with Crippen molar-refractivity contribution in [1.82, 2.24) is 9.97 Å². The van der Waals surface area contributed by atoms with E-state index in [1.54, 1.807) is 30.3 Å². The number of aliphatic carboxylic acids is 1. The largest absolute Gasteiger partial charge is 0.480 e. The quantitative estimate of drug-likeness (QED) is 0.478. The van der Waals surface area contributed by atoms with Gasteiger partial charge in [0.1, 0.15) is 6.04 Å². The van der Waals surface area contributed by atoms with Crippen molar-refractivity contribution in [2.75, 3.05) is 12.8 Å². The molecular weight excluding hydrogens is 465 g/mol. The molecule has 5 atom stereocenters. The van der Waals surface area contributed by atoms with Crippen LogP contribution in [0.15, 0.2) is 42.5 Å². The molecule has 0 spiro atoms. The van der Waals surface area contributed by atoms with E-state index in [-0.39, 0.29) is 29.9 Å². The number of aromatic nitrogens is 2. The molecule has 1 saturated carbocycles. The number of alkyl halides is 3. The molecule has 1 heterocycles. The van der Waals surface area contributed by atoms with Crippen molar-refractivity contribution in [2.45, 2.75) is 49.6 Å². The topological polar surface area (TPSA) is 134 Å². The minimum Gasteiger partial charge on any atom is -0.480 e. The highest BCUT2D eigenvalue weighted by Crippen LogP contribution is 2.50. The number of hydrogen-bond acceptors (Lipinski definition) is 7. The van der Waals surface area contributed by atoms with Gasteiger partial charge in [-0.05, 0) is 37.2 Å². The first-order chi connectivity index (χ1) is 16.5. The number of carbonyl (C=O) groups is 1. The van der Waals surface area contributed by atoms with Crippen LogP contribution in [0.1, 0.15) is 24.8 Å². The summed E-state index contributed by atoms with van der Waals surface area (Å²) in [4.78, 5) is 19.0. The molecule has 4 unspecified atom stereocenters. The highest BCUT2D eigenvalue weighted by molar-refractivity contribution is 5.73. The summed E-state index contributed by atoms with van der Waals surface area (Å²) in [5.41, 5.74) is 11.8. The van der Waals surface area contributed by atoms with Gasteiger partial charge in [0.15, 0.2) is 0 Å². The number of ether oxygens (including phenoxy) is 2. The van der Waals surface area contributed by atoms with Crippen LogP contribution in [0.2, 0.25) is 0 Å². The van der Waals surface area contributed by atoms with Crippen LogP contribution in [0.25, 0.3) is 11.3 Å². The number of carboxylic acid groups (broad SMARTS) is 1. The van der Waals surface area contributed by atoms with Crippen LogP contribution in [0.3, 0.4) is 0 Å². The zero-order valence-corrected chi connectivity index (χ0v) is 19.0. The lowest BCUT2D eigenvalue weighted by Crippen LogP contribution is -2.56. The maximum Gasteiger partial charge on any atom is 0.425 e. The van der Waals surface area contributed by atoms with Crippen molar-refractivity contribution < 1.29 is 32.5 Å². The van der Waals surface area contributed by atoms with Crippen LogP contribution in [0, 0.1) is 11.8 Å². The maximum atomic E-state index is 14.2. The fraction of sp³-hybridized carbons (Fsp3) is 0.458. The molecule has 3 aliphatic carbocycles. The zero-order valence-electron chi connectivity index (χ0n) is 19.0. The molecule has 2 aromatic rings. The highest BCUT2D eigenvalue weighted by Gasteiger charge is 2.57. The van der Waals surface area contributed by atoms with Crippen LogP contribution in [-0.2, 0) is 16.0 Å². The number of hydrogen-bond donors (Lipinski definition) is 3. The molecule has 8 nitrogen and oxygen atoms in total. The van der Waals surface area contributed by atoms with E-state index in [0.29, 0.717) is 24.0 Å². The lowest BCUT2D eigenvalue weighted by molar-refractivity contribution is -0.237. The van der Waals surface area contributed by atoms with Gasteiger partial charge in [-0.3, -0.25) is 4.79 Å². The molecule has 5 rings (SSSR count). The second-order valence-electron chi connectivity index (χ2n) is 9.03. The Morgan fingerprint density at radius 1 is 1.29 bits per heavy atom. The van der Waals surface area contributed by atoms with Gasteiger partial charge in [-0.15, -0.1) is 0 Å². The Labute approximate surface area is 200 Å². The third-order valence-electron chi connectivity index (χ3n) is 6.80. The number of halogens is 3. The second-order valence-corrected chi connectivity index (χ2v) is 9.03. The molecule has 11 heteroatoms. The fourth-order valence-electron chi connectivity index (χ4n) is 4.93. The van der Waals surface area contributed by atoms with E-state index in [2.05, 4.69) is 9.97 Å². The van der Waals surface area contributed by atoms with E-state index >= 15 is 0 Å². The van der Waals surface area contributed by atoms with Crippen LogP contribution in [-0.4, -0.2) is 52.1 Å². The Morgan fingerprint density at radius 2 is 2.00 bits per heavy atom. The van der Waals surface area contributed by atoms with Crippen LogP contribution < -0.4 is 16.2 Å². The minimum atomic E-state index is -4.66. The molecule has 35 heavy (non-hydrogen) atoms. The van der Waals surface area contributed by atoms with Gasteiger partial charge in [0.25, 0.3) is 0 Å². The average Bonchev–Trinajstić information content (AvgIpc) is 2.82. The van der Waals surface area contributed by atoms with E-state index in [9.17, 15) is 18.0 Å². The number of nitrogen functional groups attached to an aromatic ring is 1. The van der Waals surface area contributed by atoms with Gasteiger partial charge in [0.2, 0.25) is 17.9 Å². The van der Waals surface area contributed by atoms with E-state index < -0.39 is 35.8 Å². The Morgan fingerprint density at radius 3 is 2.57 bits per heavy atom. The minimum absolute atomic E-state index is 0.0456. The van der Waals surface area contributed by atoms with E-state index in [1.807, 2.05) is 6.08 Å². The molecule has 188 valence electrons. The summed E-state index contributed by atoms with van der Waals surface area (Å²) in [5.74, 6) is -2.53. The predicted molar refractivity (Wildman–Crippen MR) is 121 cm³/mol. The molecule has 1 fully saturated rings. The fourth-order valence-corrected chi connectivity index (χ4v) is 4.93. The van der Waals surface area contributed by atoms with Crippen LogP contribution >= 0.6 is 0 Å². The zero-order chi connectivity index (χ0) is 25.4. The Hall–Kier alpha value is -3.18. The maximum absolute atomic E-state index is 14.2. The molecule has 0 saturated heterocycles. The Bertz CT molecular complexity index is 1110. The summed E-state index contributed by atoms with van der Waals surface area (Å²) in [5, 5.41) is 8.97. The second kappa shape index (κ2) is 9.46. The number of nitrogens with two attached hydrogens (primary N) is 2. The lowest BCUT2D eigenvalue weighted by Gasteiger charge is -2.49. The first-order valence-electron chi connectivity index (χ1n) is 11.2. The van der Waals surface area contributed by atoms with E-state index in [0.717, 1.165) is 6.42 Å². The molecular formula is C24H27F3N4O4. The number of allylic oxidation sites excluding steroid dienone is 1. The van der Waals surface area contributed by atoms with Gasteiger partial charge in [-0.25, -0.2) is 4.98 Å². The van der Waals surface area contributed by atoms with Crippen LogP contribution in [0.4, 0.5) is 19.1 Å². The number of rotatable bonds is 8. The number of benzene rings is 1. The van der Waals surface area contributed by atoms with Crippen LogP contribution in [0.5, 0.6) is 5.88 Å². The van der Waals surface area contributed by atoms with E-state index in [4.69, 9.17) is 26.0 Å². The molecule has 0 amide bonds. The third-order valence-corrected chi connectivity index (χ3v) is 6.80. The Balaban J connectivity index is 1.60. The van der Waals surface area contributed by atoms with Gasteiger partial charge in [-0.1, -0.05) is 36.4 Å². The number of methoxy groups -OCH3 is 1. The average molecular weight is 492 g/mol. The van der Waals surface area contributed by atoms with Gasteiger partial charge < -0.3 is 26.0 Å². The van der Waals surface area contributed by atoms with Gasteiger partial charge in [0, 0.05) is 24.7 Å². The van der Waals surface area contributed by atoms with Gasteiger partial charge in [-0.2, -0.15) is 18.2 Å². The Kier molecular flexibility index (Phi) is 6.74. The molecule has 3 aliphatic rings. The first kappa shape index (κ1) is 24.9. The van der Waals surface area contributed by atoms with Gasteiger partial charge in [0.05, 0.1) is 11.3 Å². The first-order valence-corrected chi connectivity index (χ1v) is 11.2. The SMILES string of the molecule is COC12C=CC(CC1)CC2C(Oc1cc(-c2ccc(C[C@H](N)C(=O)O)cc2)nc(N)n1)C(F)(F)F. The van der Waals surface area contributed by atoms with Crippen molar-refractivity contribution >= 4 is 11.9 Å². The third kappa shape index (κ3) is 5.25. The monoisotopic (exact) mass is 492 g/mol. The summed E-state index contributed by atoms with van der Waals surface area (Å²) >= 11 is 0. The number of anilines is 1. The summed E-state index contributed by atoms with van der Waals surface area (Å²) in [7, 11) is 1.42. The normalized spacial score (nSPS) is 25.3. The lowest BCUT2D eigenvalue weighted by atomic mass is 9.64. The highest BCUT2D eigenvalue weighted by atomic mass is 19.4. The van der Waals surface area contributed by atoms with Crippen molar-refractivity contribution in [3.05, 3.63) is 48.0 Å². The summed E-state index contributed by atoms with van der Waals surface area (Å²) in [6.07, 6.45) is -1.48. The summed E-state index contributed by atoms with van der Waals surface area (Å²) < 4.78 is 53.7. The van der Waals surface area contributed by atoms with Crippen molar-refractivity contribution in [3.63, 3.8) is 0 Å². The number of fused-ring (bicyclic) bond motifs is 2. The molecule has 1 aromatic heterocycles. The summed E-state index contributed by atoms with van der Waals surface area (Å²) in [6, 6.07) is 6.91. The summed E-state index contributed by atoms with van der Waals surface area (Å²) in [6.45, 7) is 0. The predicted octanol–water partition coefficient (Wildman–Crippen LogP) is 3.36. The van der Waals surface area contributed by atoms with Crippen molar-refractivity contribution in [2.24, 2.45) is 17.6 Å². The molecule has 2 bridgehead atoms. The molecule has 1 aromatic carbocycles. The molecule has 5 N–H and O–H groups in total. The standard InChI is InChI=1S/C24H27F3N4O4/c1-34-23-8-6-14(7-9-23)10-16(23)20(24(25,26)27)35-19-12-18(30-22(29)31-19)15-4-2-13(3-5-15)11-17(28)21(32)33/h2-6,8,12,14,16-17,20H,7,9-11,28H2,1H3,(H,32,33)(H2,29,30,31)/t14?,16?,17-,20?,23?/m0/s1. The van der Waals surface area contributed by atoms with Gasteiger partial charge >= 0.3 is 12.1 Å². The molecule has 0 radical (unpaired) electrons.